The number of amides is 2. The van der Waals surface area contributed by atoms with Gasteiger partial charge < -0.3 is 14.3 Å². The number of ether oxygens (including phenoxy) is 2. The van der Waals surface area contributed by atoms with E-state index in [1.165, 1.54) is 24.3 Å². The van der Waals surface area contributed by atoms with Gasteiger partial charge in [0.2, 0.25) is 0 Å². The molecule has 0 fully saturated rings. The molecule has 3 aromatic rings. The SMILES string of the molecule is CCOc1cc(C(=O)ON2C(=O)c3ccccc3C2=O)ccc1OCc1cccnc1. The molecule has 0 saturated heterocycles. The first-order valence-electron chi connectivity index (χ1n) is 9.57. The highest BCUT2D eigenvalue weighted by Gasteiger charge is 2.38. The number of fused-ring (bicyclic) bond motifs is 1. The molecule has 2 heterocycles. The normalized spacial score (nSPS) is 12.5. The third-order valence-electron chi connectivity index (χ3n) is 4.53. The molecule has 0 radical (unpaired) electrons. The van der Waals surface area contributed by atoms with E-state index in [9.17, 15) is 14.4 Å². The Morgan fingerprint density at radius 1 is 0.935 bits per heavy atom. The minimum absolute atomic E-state index is 0.105. The van der Waals surface area contributed by atoms with Gasteiger partial charge in [-0.2, -0.15) is 0 Å². The Hall–Kier alpha value is -4.20. The van der Waals surface area contributed by atoms with Crippen LogP contribution in [0.1, 0.15) is 43.6 Å². The quantitative estimate of drug-likeness (QED) is 0.543. The van der Waals surface area contributed by atoms with Crippen LogP contribution in [-0.2, 0) is 11.4 Å². The molecule has 8 heteroatoms. The molecular weight excluding hydrogens is 400 g/mol. The molecule has 1 aromatic heterocycles. The third kappa shape index (κ3) is 4.09. The van der Waals surface area contributed by atoms with E-state index < -0.39 is 17.8 Å². The van der Waals surface area contributed by atoms with Crippen LogP contribution in [0.15, 0.2) is 67.0 Å². The maximum Gasteiger partial charge on any atom is 0.364 e. The lowest BCUT2D eigenvalue weighted by Gasteiger charge is -2.15. The first-order valence-corrected chi connectivity index (χ1v) is 9.57. The van der Waals surface area contributed by atoms with Crippen LogP contribution in [0.25, 0.3) is 0 Å². The molecule has 31 heavy (non-hydrogen) atoms. The molecule has 8 nitrogen and oxygen atoms in total. The Labute approximate surface area is 177 Å². The molecule has 156 valence electrons. The van der Waals surface area contributed by atoms with Gasteiger partial charge in [-0.1, -0.05) is 23.3 Å². The third-order valence-corrected chi connectivity index (χ3v) is 4.53. The molecule has 0 atom stereocenters. The van der Waals surface area contributed by atoms with Crippen molar-refractivity contribution < 1.29 is 28.7 Å². The Balaban J connectivity index is 1.50. The van der Waals surface area contributed by atoms with Crippen molar-refractivity contribution in [3.05, 3.63) is 89.2 Å². The summed E-state index contributed by atoms with van der Waals surface area (Å²) in [7, 11) is 0. The number of hydrogen-bond acceptors (Lipinski definition) is 7. The number of carbonyl (C=O) groups excluding carboxylic acids is 3. The van der Waals surface area contributed by atoms with Gasteiger partial charge in [0, 0.05) is 18.0 Å². The largest absolute Gasteiger partial charge is 0.490 e. The summed E-state index contributed by atoms with van der Waals surface area (Å²) in [6, 6.07) is 14.4. The molecule has 0 unspecified atom stereocenters. The van der Waals surface area contributed by atoms with Crippen LogP contribution in [0.2, 0.25) is 0 Å². The van der Waals surface area contributed by atoms with Crippen molar-refractivity contribution in [2.75, 3.05) is 6.61 Å². The number of aromatic nitrogens is 1. The van der Waals surface area contributed by atoms with Crippen LogP contribution < -0.4 is 9.47 Å². The van der Waals surface area contributed by atoms with Crippen molar-refractivity contribution in [3.8, 4) is 11.5 Å². The molecule has 0 aliphatic carbocycles. The van der Waals surface area contributed by atoms with E-state index in [4.69, 9.17) is 14.3 Å². The van der Waals surface area contributed by atoms with Gasteiger partial charge in [-0.3, -0.25) is 14.6 Å². The molecule has 4 rings (SSSR count). The van der Waals surface area contributed by atoms with Crippen LogP contribution >= 0.6 is 0 Å². The van der Waals surface area contributed by atoms with Crippen LogP contribution in [0.4, 0.5) is 0 Å². The minimum Gasteiger partial charge on any atom is -0.490 e. The summed E-state index contributed by atoms with van der Waals surface area (Å²) in [4.78, 5) is 46.5. The van der Waals surface area contributed by atoms with E-state index in [0.29, 0.717) is 23.2 Å². The van der Waals surface area contributed by atoms with Crippen LogP contribution in [0.5, 0.6) is 11.5 Å². The molecule has 0 spiro atoms. The second kappa shape index (κ2) is 8.66. The first kappa shape index (κ1) is 20.1. The van der Waals surface area contributed by atoms with Crippen molar-refractivity contribution in [2.24, 2.45) is 0 Å². The van der Waals surface area contributed by atoms with E-state index in [2.05, 4.69) is 4.98 Å². The van der Waals surface area contributed by atoms with Gasteiger partial charge in [0.05, 0.1) is 23.3 Å². The van der Waals surface area contributed by atoms with Crippen LogP contribution in [0.3, 0.4) is 0 Å². The van der Waals surface area contributed by atoms with Gasteiger partial charge in [0.1, 0.15) is 6.61 Å². The highest BCUT2D eigenvalue weighted by Crippen LogP contribution is 2.30. The average molecular weight is 418 g/mol. The molecule has 0 N–H and O–H groups in total. The van der Waals surface area contributed by atoms with E-state index in [1.807, 2.05) is 6.07 Å². The predicted octanol–water partition coefficient (Wildman–Crippen LogP) is 3.43. The summed E-state index contributed by atoms with van der Waals surface area (Å²) in [5.41, 5.74) is 1.36. The van der Waals surface area contributed by atoms with Crippen molar-refractivity contribution in [1.29, 1.82) is 0 Å². The van der Waals surface area contributed by atoms with Crippen LogP contribution in [0, 0.1) is 0 Å². The molecular formula is C23H18N2O6. The molecule has 0 bridgehead atoms. The van der Waals surface area contributed by atoms with Crippen molar-refractivity contribution in [2.45, 2.75) is 13.5 Å². The zero-order valence-corrected chi connectivity index (χ0v) is 16.6. The summed E-state index contributed by atoms with van der Waals surface area (Å²) < 4.78 is 11.4. The minimum atomic E-state index is -0.866. The lowest BCUT2D eigenvalue weighted by Crippen LogP contribution is -2.32. The second-order valence-corrected chi connectivity index (χ2v) is 6.57. The average Bonchev–Trinajstić information content (AvgIpc) is 3.04. The summed E-state index contributed by atoms with van der Waals surface area (Å²) in [6.45, 7) is 2.42. The summed E-state index contributed by atoms with van der Waals surface area (Å²) in [6.07, 6.45) is 3.36. The van der Waals surface area contributed by atoms with E-state index >= 15 is 0 Å². The fourth-order valence-corrected chi connectivity index (χ4v) is 3.05. The zero-order chi connectivity index (χ0) is 21.8. The molecule has 2 aromatic carbocycles. The van der Waals surface area contributed by atoms with Crippen molar-refractivity contribution in [1.82, 2.24) is 10.0 Å². The smallest absolute Gasteiger partial charge is 0.364 e. The first-order chi connectivity index (χ1) is 15.1. The van der Waals surface area contributed by atoms with Crippen LogP contribution in [-0.4, -0.2) is 34.4 Å². The topological polar surface area (TPSA) is 95.0 Å². The Morgan fingerprint density at radius 3 is 2.32 bits per heavy atom. The predicted molar refractivity (Wildman–Crippen MR) is 109 cm³/mol. The fourth-order valence-electron chi connectivity index (χ4n) is 3.05. The molecule has 2 amide bonds. The number of benzene rings is 2. The lowest BCUT2D eigenvalue weighted by atomic mass is 10.1. The number of nitrogens with zero attached hydrogens (tertiary/aromatic N) is 2. The van der Waals surface area contributed by atoms with Crippen molar-refractivity contribution in [3.63, 3.8) is 0 Å². The van der Waals surface area contributed by atoms with Gasteiger partial charge in [-0.25, -0.2) is 4.79 Å². The lowest BCUT2D eigenvalue weighted by molar-refractivity contribution is -0.0584. The standard InChI is InChI=1S/C23H18N2O6/c1-2-29-20-12-16(9-10-19(20)30-14-15-6-5-11-24-13-15)23(28)31-25-21(26)17-7-3-4-8-18(17)22(25)27/h3-13H,2,14H2,1H3. The zero-order valence-electron chi connectivity index (χ0n) is 16.6. The van der Waals surface area contributed by atoms with Crippen molar-refractivity contribution >= 4 is 17.8 Å². The number of rotatable bonds is 7. The number of hydroxylamine groups is 2. The van der Waals surface area contributed by atoms with Gasteiger partial charge >= 0.3 is 5.97 Å². The number of carbonyl (C=O) groups is 3. The van der Waals surface area contributed by atoms with Gasteiger partial charge in [0.15, 0.2) is 11.5 Å². The van der Waals surface area contributed by atoms with Gasteiger partial charge in [-0.05, 0) is 43.3 Å². The summed E-state index contributed by atoms with van der Waals surface area (Å²) in [5, 5.41) is 0.472. The Bertz CT molecular complexity index is 1110. The fraction of sp³-hybridized carbons (Fsp3) is 0.130. The maximum atomic E-state index is 12.6. The summed E-state index contributed by atoms with van der Waals surface area (Å²) in [5.74, 6) is -1.47. The molecule has 1 aliphatic heterocycles. The van der Waals surface area contributed by atoms with Gasteiger partial charge in [-0.15, -0.1) is 0 Å². The van der Waals surface area contributed by atoms with Gasteiger partial charge in [0.25, 0.3) is 11.8 Å². The van der Waals surface area contributed by atoms with E-state index in [0.717, 1.165) is 5.56 Å². The van der Waals surface area contributed by atoms with E-state index in [-0.39, 0.29) is 23.3 Å². The highest BCUT2D eigenvalue weighted by molar-refractivity contribution is 6.21. The Morgan fingerprint density at radius 2 is 1.68 bits per heavy atom. The molecule has 1 aliphatic rings. The maximum absolute atomic E-state index is 12.6. The van der Waals surface area contributed by atoms with E-state index in [1.54, 1.807) is 43.6 Å². The number of hydrogen-bond donors (Lipinski definition) is 0. The Kier molecular flexibility index (Phi) is 5.61. The number of pyridine rings is 1. The highest BCUT2D eigenvalue weighted by atomic mass is 16.7. The second-order valence-electron chi connectivity index (χ2n) is 6.57. The number of imide groups is 1. The molecule has 0 saturated carbocycles. The monoisotopic (exact) mass is 418 g/mol. The summed E-state index contributed by atoms with van der Waals surface area (Å²) >= 11 is 0.